The Morgan fingerprint density at radius 3 is 2.53 bits per heavy atom. The van der Waals surface area contributed by atoms with Crippen molar-refractivity contribution in [1.29, 1.82) is 0 Å². The fourth-order valence-corrected chi connectivity index (χ4v) is 5.03. The van der Waals surface area contributed by atoms with E-state index in [2.05, 4.69) is 15.5 Å². The number of rotatable bonds is 8. The third kappa shape index (κ3) is 4.87. The van der Waals surface area contributed by atoms with E-state index < -0.39 is 10.8 Å². The van der Waals surface area contributed by atoms with E-state index in [9.17, 15) is 4.21 Å². The van der Waals surface area contributed by atoms with Crippen LogP contribution in [0.4, 0.5) is 5.13 Å². The highest BCUT2D eigenvalue weighted by Gasteiger charge is 2.16. The average molecular weight is 464 g/mol. The lowest BCUT2D eigenvalue weighted by molar-refractivity contribution is 0.393. The number of benzene rings is 3. The van der Waals surface area contributed by atoms with Gasteiger partial charge in [0.05, 0.1) is 46.7 Å². The molecular formula is C24H21N3O3S2. The third-order valence-electron chi connectivity index (χ3n) is 4.63. The van der Waals surface area contributed by atoms with E-state index in [0.29, 0.717) is 26.4 Å². The second-order valence-corrected chi connectivity index (χ2v) is 8.87. The minimum Gasteiger partial charge on any atom is -0.497 e. The number of hydrogen-bond acceptors (Lipinski definition) is 7. The van der Waals surface area contributed by atoms with Gasteiger partial charge in [-0.25, -0.2) is 9.19 Å². The number of anilines is 1. The molecular weight excluding hydrogens is 442 g/mol. The van der Waals surface area contributed by atoms with Crippen LogP contribution in [0.2, 0.25) is 0 Å². The lowest BCUT2D eigenvalue weighted by atomic mass is 10.2. The minimum atomic E-state index is -1.49. The van der Waals surface area contributed by atoms with Crippen LogP contribution in [-0.2, 0) is 10.8 Å². The van der Waals surface area contributed by atoms with Gasteiger partial charge in [-0.05, 0) is 18.2 Å². The molecule has 0 fully saturated rings. The number of aromatic nitrogens is 1. The Hall–Kier alpha value is -3.49. The fourth-order valence-electron chi connectivity index (χ4n) is 3.03. The molecule has 1 unspecified atom stereocenters. The summed E-state index contributed by atoms with van der Waals surface area (Å²) in [6, 6.07) is 22.6. The summed E-state index contributed by atoms with van der Waals surface area (Å²) in [5.74, 6) is 1.14. The summed E-state index contributed by atoms with van der Waals surface area (Å²) in [4.78, 5) is 5.72. The molecule has 32 heavy (non-hydrogen) atoms. The summed E-state index contributed by atoms with van der Waals surface area (Å²) in [6.45, 7) is 0. The Balaban J connectivity index is 1.55. The van der Waals surface area contributed by atoms with Gasteiger partial charge in [0.2, 0.25) is 5.13 Å². The fraction of sp³-hybridized carbons (Fsp3) is 0.0833. The molecule has 0 aliphatic carbocycles. The van der Waals surface area contributed by atoms with Crippen LogP contribution in [-0.4, -0.2) is 29.6 Å². The molecule has 3 aromatic carbocycles. The van der Waals surface area contributed by atoms with Crippen LogP contribution in [0.5, 0.6) is 11.5 Å². The van der Waals surface area contributed by atoms with Gasteiger partial charge in [-0.3, -0.25) is 5.43 Å². The van der Waals surface area contributed by atoms with Crippen LogP contribution in [0, 0.1) is 0 Å². The van der Waals surface area contributed by atoms with Crippen molar-refractivity contribution in [3.05, 3.63) is 83.7 Å². The molecule has 4 rings (SSSR count). The highest BCUT2D eigenvalue weighted by Crippen LogP contribution is 2.31. The standard InChI is InChI=1S/C24H21N3O3S2/c1-29-19-12-13-21(30-2)23(14-19)32(28)22-11-7-6-10-18(22)15-25-27-24-26-20(16-31-24)17-8-4-3-5-9-17/h3-16H,1-2H3,(H,26,27). The Kier molecular flexibility index (Phi) is 6.94. The first-order valence-electron chi connectivity index (χ1n) is 9.72. The van der Waals surface area contributed by atoms with Crippen molar-refractivity contribution in [3.8, 4) is 22.8 Å². The monoisotopic (exact) mass is 463 g/mol. The van der Waals surface area contributed by atoms with Gasteiger partial charge in [0.25, 0.3) is 0 Å². The van der Waals surface area contributed by atoms with Crippen molar-refractivity contribution in [2.24, 2.45) is 5.10 Å². The molecule has 0 saturated heterocycles. The molecule has 0 aliphatic heterocycles. The molecule has 8 heteroatoms. The third-order valence-corrected chi connectivity index (χ3v) is 6.86. The van der Waals surface area contributed by atoms with Crippen LogP contribution in [0.3, 0.4) is 0 Å². The average Bonchev–Trinajstić information content (AvgIpc) is 3.33. The molecule has 1 aromatic heterocycles. The molecule has 0 radical (unpaired) electrons. The number of nitrogens with one attached hydrogen (secondary N) is 1. The summed E-state index contributed by atoms with van der Waals surface area (Å²) in [5.41, 5.74) is 5.63. The molecule has 162 valence electrons. The summed E-state index contributed by atoms with van der Waals surface area (Å²) in [7, 11) is 1.64. The van der Waals surface area contributed by atoms with Crippen LogP contribution < -0.4 is 14.9 Å². The quantitative estimate of drug-likeness (QED) is 0.278. The van der Waals surface area contributed by atoms with Crippen LogP contribution >= 0.6 is 11.3 Å². The van der Waals surface area contributed by atoms with Gasteiger partial charge in [0.1, 0.15) is 11.5 Å². The van der Waals surface area contributed by atoms with Crippen LogP contribution in [0.1, 0.15) is 5.56 Å². The molecule has 0 amide bonds. The normalized spacial score (nSPS) is 11.9. The Labute approximate surface area is 193 Å². The second kappa shape index (κ2) is 10.2. The Bertz CT molecular complexity index is 1260. The van der Waals surface area contributed by atoms with Crippen molar-refractivity contribution >= 4 is 33.5 Å². The summed E-state index contributed by atoms with van der Waals surface area (Å²) < 4.78 is 24.1. The topological polar surface area (TPSA) is 72.8 Å². The zero-order valence-corrected chi connectivity index (χ0v) is 19.2. The first-order valence-corrected chi connectivity index (χ1v) is 11.8. The summed E-state index contributed by atoms with van der Waals surface area (Å²) in [6.07, 6.45) is 1.64. The van der Waals surface area contributed by atoms with E-state index in [1.807, 2.05) is 60.0 Å². The highest BCUT2D eigenvalue weighted by atomic mass is 32.2. The number of hydrazone groups is 1. The summed E-state index contributed by atoms with van der Waals surface area (Å²) in [5, 5.41) is 6.97. The van der Waals surface area contributed by atoms with Crippen LogP contribution in [0.15, 0.2) is 93.1 Å². The zero-order valence-electron chi connectivity index (χ0n) is 17.5. The molecule has 0 spiro atoms. The largest absolute Gasteiger partial charge is 0.497 e. The second-order valence-electron chi connectivity index (χ2n) is 6.60. The molecule has 4 aromatic rings. The molecule has 1 heterocycles. The van der Waals surface area contributed by atoms with Gasteiger partial charge in [-0.1, -0.05) is 48.5 Å². The first-order chi connectivity index (χ1) is 15.7. The predicted octanol–water partition coefficient (Wildman–Crippen LogP) is 5.44. The van der Waals surface area contributed by atoms with E-state index in [1.165, 1.54) is 11.3 Å². The lowest BCUT2D eigenvalue weighted by Gasteiger charge is -2.11. The maximum atomic E-state index is 13.4. The van der Waals surface area contributed by atoms with Gasteiger partial charge >= 0.3 is 0 Å². The van der Waals surface area contributed by atoms with Crippen LogP contribution in [0.25, 0.3) is 11.3 Å². The minimum absolute atomic E-state index is 0.533. The molecule has 6 nitrogen and oxygen atoms in total. The van der Waals surface area contributed by atoms with Gasteiger partial charge < -0.3 is 9.47 Å². The summed E-state index contributed by atoms with van der Waals surface area (Å²) >= 11 is 1.47. The van der Waals surface area contributed by atoms with E-state index in [-0.39, 0.29) is 0 Å². The molecule has 1 N–H and O–H groups in total. The smallest absolute Gasteiger partial charge is 0.203 e. The van der Waals surface area contributed by atoms with E-state index in [1.54, 1.807) is 38.6 Å². The molecule has 0 bridgehead atoms. The van der Waals surface area contributed by atoms with E-state index >= 15 is 0 Å². The van der Waals surface area contributed by atoms with Gasteiger partial charge in [-0.2, -0.15) is 5.10 Å². The lowest BCUT2D eigenvalue weighted by Crippen LogP contribution is -2.02. The van der Waals surface area contributed by atoms with Crippen molar-refractivity contribution in [2.75, 3.05) is 19.6 Å². The zero-order chi connectivity index (χ0) is 22.3. The number of thiazole rings is 1. The van der Waals surface area contributed by atoms with Crippen molar-refractivity contribution < 1.29 is 13.7 Å². The SMILES string of the molecule is COc1ccc(OC)c(S(=O)c2ccccc2C=NNc2nc(-c3ccccc3)cs2)c1. The molecule has 0 saturated carbocycles. The highest BCUT2D eigenvalue weighted by molar-refractivity contribution is 7.85. The Morgan fingerprint density at radius 2 is 1.75 bits per heavy atom. The molecule has 0 aliphatic rings. The maximum Gasteiger partial charge on any atom is 0.203 e. The van der Waals surface area contributed by atoms with Gasteiger partial charge in [0, 0.05) is 22.6 Å². The number of methoxy groups -OCH3 is 2. The predicted molar refractivity (Wildman–Crippen MR) is 129 cm³/mol. The van der Waals surface area contributed by atoms with Gasteiger partial charge in [0.15, 0.2) is 0 Å². The Morgan fingerprint density at radius 1 is 0.969 bits per heavy atom. The van der Waals surface area contributed by atoms with Gasteiger partial charge in [-0.15, -0.1) is 11.3 Å². The van der Waals surface area contributed by atoms with Crippen molar-refractivity contribution in [3.63, 3.8) is 0 Å². The molecule has 1 atom stereocenters. The number of nitrogens with zero attached hydrogens (tertiary/aromatic N) is 2. The number of ether oxygens (including phenoxy) is 2. The maximum absolute atomic E-state index is 13.4. The number of hydrogen-bond donors (Lipinski definition) is 1. The van der Waals surface area contributed by atoms with E-state index in [4.69, 9.17) is 9.47 Å². The van der Waals surface area contributed by atoms with Crippen molar-refractivity contribution in [1.82, 2.24) is 4.98 Å². The first kappa shape index (κ1) is 21.7. The van der Waals surface area contributed by atoms with E-state index in [0.717, 1.165) is 16.8 Å². The van der Waals surface area contributed by atoms with Crippen molar-refractivity contribution in [2.45, 2.75) is 9.79 Å².